The van der Waals surface area contributed by atoms with Crippen molar-refractivity contribution in [3.05, 3.63) is 70.5 Å². The number of fused-ring (bicyclic) bond motifs is 1. The summed E-state index contributed by atoms with van der Waals surface area (Å²) >= 11 is 0. The van der Waals surface area contributed by atoms with E-state index < -0.39 is 23.5 Å². The van der Waals surface area contributed by atoms with Crippen molar-refractivity contribution < 1.29 is 23.8 Å². The maximum absolute atomic E-state index is 14.8. The Bertz CT molecular complexity index is 1100. The van der Waals surface area contributed by atoms with Gasteiger partial charge in [0.05, 0.1) is 11.6 Å². The number of carbonyl (C=O) groups excluding carboxylic acids is 2. The Kier molecular flexibility index (Phi) is 6.02. The summed E-state index contributed by atoms with van der Waals surface area (Å²) in [4.78, 5) is 29.3. The Balaban J connectivity index is 1.80. The summed E-state index contributed by atoms with van der Waals surface area (Å²) in [6, 6.07) is 10.3. The van der Waals surface area contributed by atoms with E-state index in [0.717, 1.165) is 11.3 Å². The molecule has 2 aromatic rings. The molecule has 4 rings (SSSR count). The monoisotopic (exact) mass is 438 g/mol. The first-order chi connectivity index (χ1) is 15.3. The van der Waals surface area contributed by atoms with Crippen LogP contribution < -0.4 is 4.74 Å². The second-order valence-corrected chi connectivity index (χ2v) is 8.63. The molecule has 2 aliphatic rings. The molecule has 6 nitrogen and oxygen atoms in total. The number of amides is 1. The molecule has 0 spiro atoms. The molecule has 2 aromatic carbocycles. The fourth-order valence-electron chi connectivity index (χ4n) is 4.41. The second kappa shape index (κ2) is 8.74. The van der Waals surface area contributed by atoms with Crippen LogP contribution in [0, 0.1) is 5.82 Å². The van der Waals surface area contributed by atoms with Crippen molar-refractivity contribution in [2.75, 3.05) is 27.2 Å². The Hall–Kier alpha value is -3.19. The molecule has 32 heavy (non-hydrogen) atoms. The molecule has 0 aromatic heterocycles. The fraction of sp³-hybridized carbons (Fsp3) is 0.360. The number of hydrogen-bond donors (Lipinski definition) is 1. The maximum Gasteiger partial charge on any atom is 0.295 e. The van der Waals surface area contributed by atoms with Crippen LogP contribution in [0.4, 0.5) is 4.39 Å². The SMILES string of the molecule is CC1Cc2cc(/C(O)=C3/C(=O)C(=O)N(CCCN(C)C)C3c3ccccc3F)ccc2O1. The molecular formula is C25H27FN2O4. The largest absolute Gasteiger partial charge is 0.507 e. The smallest absolute Gasteiger partial charge is 0.295 e. The summed E-state index contributed by atoms with van der Waals surface area (Å²) in [6.45, 7) is 2.93. The number of ketones is 1. The number of aliphatic hydroxyl groups excluding tert-OH is 1. The number of benzene rings is 2. The summed E-state index contributed by atoms with van der Waals surface area (Å²) < 4.78 is 20.5. The summed E-state index contributed by atoms with van der Waals surface area (Å²) in [7, 11) is 3.84. The molecule has 2 atom stereocenters. The van der Waals surface area contributed by atoms with Gasteiger partial charge in [-0.25, -0.2) is 4.39 Å². The van der Waals surface area contributed by atoms with Crippen molar-refractivity contribution in [3.63, 3.8) is 0 Å². The van der Waals surface area contributed by atoms with Gasteiger partial charge in [-0.05, 0) is 63.8 Å². The molecule has 2 unspecified atom stereocenters. The van der Waals surface area contributed by atoms with E-state index in [4.69, 9.17) is 4.74 Å². The Morgan fingerprint density at radius 3 is 2.69 bits per heavy atom. The van der Waals surface area contributed by atoms with E-state index in [1.165, 1.54) is 11.0 Å². The normalized spacial score (nSPS) is 21.8. The molecule has 1 N–H and O–H groups in total. The van der Waals surface area contributed by atoms with Crippen LogP contribution in [0.2, 0.25) is 0 Å². The van der Waals surface area contributed by atoms with Gasteiger partial charge in [0.1, 0.15) is 23.4 Å². The van der Waals surface area contributed by atoms with Gasteiger partial charge in [-0.3, -0.25) is 9.59 Å². The van der Waals surface area contributed by atoms with Crippen LogP contribution >= 0.6 is 0 Å². The average Bonchev–Trinajstić information content (AvgIpc) is 3.24. The molecule has 1 saturated heterocycles. The zero-order chi connectivity index (χ0) is 23.0. The van der Waals surface area contributed by atoms with Crippen LogP contribution in [0.15, 0.2) is 48.0 Å². The average molecular weight is 438 g/mol. The maximum atomic E-state index is 14.8. The molecule has 7 heteroatoms. The van der Waals surface area contributed by atoms with Crippen LogP contribution in [0.1, 0.15) is 36.1 Å². The van der Waals surface area contributed by atoms with Crippen LogP contribution in [0.5, 0.6) is 5.75 Å². The van der Waals surface area contributed by atoms with E-state index in [1.54, 1.807) is 36.4 Å². The summed E-state index contributed by atoms with van der Waals surface area (Å²) in [5.41, 5.74) is 1.44. The highest BCUT2D eigenvalue weighted by molar-refractivity contribution is 6.46. The number of nitrogens with zero attached hydrogens (tertiary/aromatic N) is 2. The predicted octanol–water partition coefficient (Wildman–Crippen LogP) is 3.52. The molecular weight excluding hydrogens is 411 g/mol. The number of ether oxygens (including phenoxy) is 1. The third kappa shape index (κ3) is 4.00. The molecule has 0 radical (unpaired) electrons. The van der Waals surface area contributed by atoms with E-state index in [-0.39, 0.29) is 29.5 Å². The van der Waals surface area contributed by atoms with Gasteiger partial charge in [0.15, 0.2) is 0 Å². The highest BCUT2D eigenvalue weighted by atomic mass is 19.1. The minimum atomic E-state index is -0.984. The van der Waals surface area contributed by atoms with Crippen molar-refractivity contribution in [2.45, 2.75) is 31.9 Å². The molecule has 2 heterocycles. The Labute approximate surface area is 186 Å². The van der Waals surface area contributed by atoms with E-state index in [1.807, 2.05) is 25.9 Å². The van der Waals surface area contributed by atoms with E-state index in [9.17, 15) is 19.1 Å². The number of likely N-dealkylation sites (tertiary alicyclic amines) is 1. The zero-order valence-electron chi connectivity index (χ0n) is 18.5. The second-order valence-electron chi connectivity index (χ2n) is 8.63. The molecule has 168 valence electrons. The fourth-order valence-corrected chi connectivity index (χ4v) is 4.41. The van der Waals surface area contributed by atoms with Gasteiger partial charge in [0.25, 0.3) is 11.7 Å². The van der Waals surface area contributed by atoms with Gasteiger partial charge in [0.2, 0.25) is 0 Å². The van der Waals surface area contributed by atoms with Gasteiger partial charge in [-0.15, -0.1) is 0 Å². The van der Waals surface area contributed by atoms with Crippen LogP contribution in [-0.2, 0) is 16.0 Å². The van der Waals surface area contributed by atoms with Crippen molar-refractivity contribution in [2.24, 2.45) is 0 Å². The molecule has 1 fully saturated rings. The Morgan fingerprint density at radius 2 is 1.97 bits per heavy atom. The molecule has 1 amide bonds. The highest BCUT2D eigenvalue weighted by Gasteiger charge is 2.46. The number of aliphatic hydroxyl groups is 1. The number of carbonyl (C=O) groups is 2. The minimum Gasteiger partial charge on any atom is -0.507 e. The third-order valence-corrected chi connectivity index (χ3v) is 5.91. The predicted molar refractivity (Wildman–Crippen MR) is 119 cm³/mol. The van der Waals surface area contributed by atoms with Gasteiger partial charge in [0, 0.05) is 24.1 Å². The number of rotatable bonds is 6. The van der Waals surface area contributed by atoms with Gasteiger partial charge >= 0.3 is 0 Å². The lowest BCUT2D eigenvalue weighted by molar-refractivity contribution is -0.140. The highest BCUT2D eigenvalue weighted by Crippen LogP contribution is 2.41. The third-order valence-electron chi connectivity index (χ3n) is 5.91. The topological polar surface area (TPSA) is 70.1 Å². The van der Waals surface area contributed by atoms with Gasteiger partial charge in [-0.1, -0.05) is 18.2 Å². The van der Waals surface area contributed by atoms with Crippen LogP contribution in [-0.4, -0.2) is 59.9 Å². The van der Waals surface area contributed by atoms with Crippen LogP contribution in [0.3, 0.4) is 0 Å². The van der Waals surface area contributed by atoms with Gasteiger partial charge < -0.3 is 19.6 Å². The summed E-state index contributed by atoms with van der Waals surface area (Å²) in [5, 5.41) is 11.2. The lowest BCUT2D eigenvalue weighted by atomic mass is 9.94. The number of Topliss-reactive ketones (excluding diaryl/α,β-unsaturated/α-hetero) is 1. The number of halogens is 1. The first-order valence-corrected chi connectivity index (χ1v) is 10.8. The molecule has 0 bridgehead atoms. The number of hydrogen-bond acceptors (Lipinski definition) is 5. The summed E-state index contributed by atoms with van der Waals surface area (Å²) in [5.74, 6) is -1.61. The molecule has 0 aliphatic carbocycles. The minimum absolute atomic E-state index is 0.0306. The molecule has 2 aliphatic heterocycles. The first-order valence-electron chi connectivity index (χ1n) is 10.8. The summed E-state index contributed by atoms with van der Waals surface area (Å²) in [6.07, 6.45) is 1.33. The van der Waals surface area contributed by atoms with Crippen LogP contribution in [0.25, 0.3) is 5.76 Å². The first kappa shape index (κ1) is 22.0. The Morgan fingerprint density at radius 1 is 1.22 bits per heavy atom. The lowest BCUT2D eigenvalue weighted by Crippen LogP contribution is -2.32. The van der Waals surface area contributed by atoms with Crippen molar-refractivity contribution in [3.8, 4) is 5.75 Å². The quantitative estimate of drug-likeness (QED) is 0.425. The molecule has 0 saturated carbocycles. The lowest BCUT2D eigenvalue weighted by Gasteiger charge is -2.26. The van der Waals surface area contributed by atoms with Gasteiger partial charge in [-0.2, -0.15) is 0 Å². The van der Waals surface area contributed by atoms with Crippen molar-refractivity contribution in [1.82, 2.24) is 9.80 Å². The van der Waals surface area contributed by atoms with E-state index in [2.05, 4.69) is 0 Å². The zero-order valence-corrected chi connectivity index (χ0v) is 18.5. The van der Waals surface area contributed by atoms with Crippen molar-refractivity contribution in [1.29, 1.82) is 0 Å². The van der Waals surface area contributed by atoms with E-state index >= 15 is 0 Å². The standard InChI is InChI=1S/C25H27FN2O4/c1-15-13-17-14-16(9-10-20(17)32-15)23(29)21-22(18-7-4-5-8-19(18)26)28(25(31)24(21)30)12-6-11-27(2)3/h4-5,7-10,14-15,22,29H,6,11-13H2,1-3H3/b23-21-. The van der Waals surface area contributed by atoms with Crippen molar-refractivity contribution >= 4 is 17.4 Å². The van der Waals surface area contributed by atoms with E-state index in [0.29, 0.717) is 24.9 Å².